The van der Waals surface area contributed by atoms with Crippen molar-refractivity contribution in [3.8, 4) is 0 Å². The molecule has 0 bridgehead atoms. The van der Waals surface area contributed by atoms with Crippen LogP contribution in [0.4, 0.5) is 5.69 Å². The van der Waals surface area contributed by atoms with E-state index in [1.165, 1.54) is 0 Å². The molecule has 0 unspecified atom stereocenters. The Bertz CT molecular complexity index is 723. The minimum absolute atomic E-state index is 0.726. The van der Waals surface area contributed by atoms with Gasteiger partial charge in [0, 0.05) is 22.8 Å². The van der Waals surface area contributed by atoms with Gasteiger partial charge in [0.05, 0.1) is 5.52 Å². The Kier molecular flexibility index (Phi) is 3.21. The maximum atomic E-state index is 5.40. The van der Waals surface area contributed by atoms with E-state index in [9.17, 15) is 0 Å². The van der Waals surface area contributed by atoms with Crippen LogP contribution in [0.15, 0.2) is 66.9 Å². The third kappa shape index (κ3) is 2.61. The second kappa shape index (κ2) is 5.16. The summed E-state index contributed by atoms with van der Waals surface area (Å²) in [6.07, 6.45) is 1.80. The molecule has 0 amide bonds. The maximum Gasteiger partial charge on any atom is 0.110 e. The van der Waals surface area contributed by atoms with Gasteiger partial charge in [0.2, 0.25) is 0 Å². The van der Waals surface area contributed by atoms with Gasteiger partial charge >= 0.3 is 0 Å². The molecule has 0 saturated heterocycles. The SMILES string of the molecule is S=C(Nc1ccc2ncccc2c1)c1ccccc1. The van der Waals surface area contributed by atoms with Gasteiger partial charge in [-0.2, -0.15) is 0 Å². The van der Waals surface area contributed by atoms with E-state index in [-0.39, 0.29) is 0 Å². The molecule has 0 saturated carbocycles. The minimum Gasteiger partial charge on any atom is -0.346 e. The van der Waals surface area contributed by atoms with Crippen LogP contribution in [0.1, 0.15) is 5.56 Å². The molecule has 3 aromatic rings. The first kappa shape index (κ1) is 11.8. The van der Waals surface area contributed by atoms with Gasteiger partial charge in [0.15, 0.2) is 0 Å². The lowest BCUT2D eigenvalue weighted by molar-refractivity contribution is 1.41. The fourth-order valence-electron chi connectivity index (χ4n) is 1.95. The Morgan fingerprint density at radius 3 is 2.63 bits per heavy atom. The second-order valence-corrected chi connectivity index (χ2v) is 4.64. The number of aromatic nitrogens is 1. The van der Waals surface area contributed by atoms with Crippen LogP contribution >= 0.6 is 12.2 Å². The first-order valence-electron chi connectivity index (χ1n) is 6.04. The van der Waals surface area contributed by atoms with E-state index in [1.807, 2.05) is 54.6 Å². The van der Waals surface area contributed by atoms with Crippen molar-refractivity contribution in [3.63, 3.8) is 0 Å². The van der Waals surface area contributed by atoms with Crippen molar-refractivity contribution in [2.24, 2.45) is 0 Å². The van der Waals surface area contributed by atoms with Gasteiger partial charge in [-0.25, -0.2) is 0 Å². The molecule has 1 N–H and O–H groups in total. The number of benzene rings is 2. The zero-order valence-corrected chi connectivity index (χ0v) is 11.0. The standard InChI is InChI=1S/C16H12N2S/c19-16(12-5-2-1-3-6-12)18-14-8-9-15-13(11-14)7-4-10-17-15/h1-11H,(H,18,19). The molecule has 92 valence electrons. The molecule has 0 aliphatic carbocycles. The van der Waals surface area contributed by atoms with Crippen LogP contribution in [0.25, 0.3) is 10.9 Å². The molecule has 0 aliphatic heterocycles. The third-order valence-electron chi connectivity index (χ3n) is 2.90. The first-order valence-corrected chi connectivity index (χ1v) is 6.45. The van der Waals surface area contributed by atoms with Gasteiger partial charge in [0.1, 0.15) is 4.99 Å². The molecule has 0 fully saturated rings. The average molecular weight is 264 g/mol. The van der Waals surface area contributed by atoms with Crippen molar-refractivity contribution in [2.75, 3.05) is 5.32 Å². The van der Waals surface area contributed by atoms with Crippen molar-refractivity contribution in [3.05, 3.63) is 72.4 Å². The molecule has 0 atom stereocenters. The van der Waals surface area contributed by atoms with Crippen LogP contribution in [0.3, 0.4) is 0 Å². The summed E-state index contributed by atoms with van der Waals surface area (Å²) in [7, 11) is 0. The summed E-state index contributed by atoms with van der Waals surface area (Å²) in [6, 6.07) is 19.9. The number of hydrogen-bond donors (Lipinski definition) is 1. The predicted molar refractivity (Wildman–Crippen MR) is 83.5 cm³/mol. The van der Waals surface area contributed by atoms with Gasteiger partial charge in [-0.3, -0.25) is 4.98 Å². The highest BCUT2D eigenvalue weighted by Crippen LogP contribution is 2.17. The van der Waals surface area contributed by atoms with Gasteiger partial charge in [-0.05, 0) is 24.3 Å². The lowest BCUT2D eigenvalue weighted by Crippen LogP contribution is -2.10. The normalized spacial score (nSPS) is 10.3. The molecule has 3 rings (SSSR count). The Balaban J connectivity index is 1.87. The van der Waals surface area contributed by atoms with Crippen LogP contribution < -0.4 is 5.32 Å². The van der Waals surface area contributed by atoms with Crippen LogP contribution in [0.5, 0.6) is 0 Å². The van der Waals surface area contributed by atoms with Crippen LogP contribution in [-0.2, 0) is 0 Å². The Morgan fingerprint density at radius 1 is 0.947 bits per heavy atom. The minimum atomic E-state index is 0.726. The first-order chi connectivity index (χ1) is 9.33. The molecular weight excluding hydrogens is 252 g/mol. The Labute approximate surface area is 117 Å². The molecule has 19 heavy (non-hydrogen) atoms. The number of pyridine rings is 1. The topological polar surface area (TPSA) is 24.9 Å². The zero-order valence-electron chi connectivity index (χ0n) is 10.2. The number of fused-ring (bicyclic) bond motifs is 1. The zero-order chi connectivity index (χ0) is 13.1. The van der Waals surface area contributed by atoms with Crippen molar-refractivity contribution in [1.82, 2.24) is 4.98 Å². The van der Waals surface area contributed by atoms with Gasteiger partial charge in [-0.15, -0.1) is 0 Å². The second-order valence-electron chi connectivity index (χ2n) is 4.23. The van der Waals surface area contributed by atoms with Crippen LogP contribution in [0.2, 0.25) is 0 Å². The Hall–Kier alpha value is -2.26. The number of rotatable bonds is 2. The molecule has 2 aromatic carbocycles. The molecule has 1 aromatic heterocycles. The van der Waals surface area contributed by atoms with Crippen LogP contribution in [-0.4, -0.2) is 9.97 Å². The largest absolute Gasteiger partial charge is 0.346 e. The van der Waals surface area contributed by atoms with Gasteiger partial charge in [0.25, 0.3) is 0 Å². The summed E-state index contributed by atoms with van der Waals surface area (Å²) in [6.45, 7) is 0. The van der Waals surface area contributed by atoms with E-state index >= 15 is 0 Å². The average Bonchev–Trinajstić information content (AvgIpc) is 2.48. The van der Waals surface area contributed by atoms with E-state index in [4.69, 9.17) is 12.2 Å². The van der Waals surface area contributed by atoms with E-state index in [2.05, 4.69) is 16.4 Å². The number of hydrogen-bond acceptors (Lipinski definition) is 2. The lowest BCUT2D eigenvalue weighted by Gasteiger charge is -2.08. The number of anilines is 1. The smallest absolute Gasteiger partial charge is 0.110 e. The van der Waals surface area contributed by atoms with E-state index in [0.29, 0.717) is 0 Å². The fourth-order valence-corrected chi connectivity index (χ4v) is 2.20. The molecule has 3 heteroatoms. The molecule has 2 nitrogen and oxygen atoms in total. The summed E-state index contributed by atoms with van der Waals surface area (Å²) in [4.78, 5) is 5.02. The number of thiocarbonyl (C=S) groups is 1. The molecular formula is C16H12N2S. The molecule has 0 aliphatic rings. The molecule has 0 spiro atoms. The quantitative estimate of drug-likeness (QED) is 0.708. The molecule has 0 radical (unpaired) electrons. The third-order valence-corrected chi connectivity index (χ3v) is 3.23. The highest BCUT2D eigenvalue weighted by Gasteiger charge is 2.02. The lowest BCUT2D eigenvalue weighted by atomic mass is 10.2. The summed E-state index contributed by atoms with van der Waals surface area (Å²) in [5.41, 5.74) is 2.98. The van der Waals surface area contributed by atoms with Crippen LogP contribution in [0, 0.1) is 0 Å². The van der Waals surface area contributed by atoms with Gasteiger partial charge < -0.3 is 5.32 Å². The van der Waals surface area contributed by atoms with Gasteiger partial charge in [-0.1, -0.05) is 48.6 Å². The van der Waals surface area contributed by atoms with Crippen molar-refractivity contribution < 1.29 is 0 Å². The summed E-state index contributed by atoms with van der Waals surface area (Å²) in [5.74, 6) is 0. The summed E-state index contributed by atoms with van der Waals surface area (Å²) in [5, 5.41) is 4.35. The van der Waals surface area contributed by atoms with E-state index in [1.54, 1.807) is 6.20 Å². The predicted octanol–water partition coefficient (Wildman–Crippen LogP) is 4.02. The van der Waals surface area contributed by atoms with E-state index in [0.717, 1.165) is 27.1 Å². The fraction of sp³-hybridized carbons (Fsp3) is 0. The van der Waals surface area contributed by atoms with Crippen molar-refractivity contribution >= 4 is 33.8 Å². The number of nitrogens with zero attached hydrogens (tertiary/aromatic N) is 1. The molecule has 1 heterocycles. The summed E-state index contributed by atoms with van der Waals surface area (Å²) < 4.78 is 0. The highest BCUT2D eigenvalue weighted by molar-refractivity contribution is 7.81. The Morgan fingerprint density at radius 2 is 1.79 bits per heavy atom. The monoisotopic (exact) mass is 264 g/mol. The number of nitrogens with one attached hydrogen (secondary N) is 1. The van der Waals surface area contributed by atoms with Crippen molar-refractivity contribution in [2.45, 2.75) is 0 Å². The van der Waals surface area contributed by atoms with Crippen molar-refractivity contribution in [1.29, 1.82) is 0 Å². The van der Waals surface area contributed by atoms with E-state index < -0.39 is 0 Å². The summed E-state index contributed by atoms with van der Waals surface area (Å²) >= 11 is 5.40. The maximum absolute atomic E-state index is 5.40. The highest BCUT2D eigenvalue weighted by atomic mass is 32.1.